The van der Waals surface area contributed by atoms with Gasteiger partial charge in [0.15, 0.2) is 5.78 Å². The zero-order chi connectivity index (χ0) is 14.5. The Morgan fingerprint density at radius 1 is 1.00 bits per heavy atom. The fraction of sp³-hybridized carbons (Fsp3) is 0.0667. The van der Waals surface area contributed by atoms with Crippen molar-refractivity contribution in [1.29, 1.82) is 0 Å². The predicted octanol–water partition coefficient (Wildman–Crippen LogP) is 4.12. The van der Waals surface area contributed by atoms with Crippen molar-refractivity contribution in [1.82, 2.24) is 0 Å². The maximum Gasteiger partial charge on any atom is 0.335 e. The van der Waals surface area contributed by atoms with Gasteiger partial charge in [0.05, 0.1) is 11.3 Å². The number of carbonyl (C=O) groups is 2. The van der Waals surface area contributed by atoms with Crippen LogP contribution in [0.3, 0.4) is 0 Å². The van der Waals surface area contributed by atoms with E-state index < -0.39 is 5.97 Å². The fourth-order valence-corrected chi connectivity index (χ4v) is 3.05. The minimum Gasteiger partial charge on any atom is -0.478 e. The SMILES string of the molecule is O=C(O)c1ccc(C(=O)CSc2ccccc2Br)cc1. The molecule has 0 saturated heterocycles. The van der Waals surface area contributed by atoms with Crippen molar-refractivity contribution in [3.8, 4) is 0 Å². The number of ketones is 1. The second-order valence-corrected chi connectivity index (χ2v) is 5.90. The minimum atomic E-state index is -0.994. The number of benzene rings is 2. The number of carboxylic acids is 1. The first-order valence-electron chi connectivity index (χ1n) is 5.82. The van der Waals surface area contributed by atoms with E-state index >= 15 is 0 Å². The number of rotatable bonds is 5. The first-order valence-corrected chi connectivity index (χ1v) is 7.59. The number of hydrogen-bond acceptors (Lipinski definition) is 3. The molecule has 20 heavy (non-hydrogen) atoms. The third-order valence-electron chi connectivity index (χ3n) is 2.65. The molecule has 0 fully saturated rings. The lowest BCUT2D eigenvalue weighted by atomic mass is 10.1. The van der Waals surface area contributed by atoms with Crippen LogP contribution in [0.15, 0.2) is 57.9 Å². The standard InChI is InChI=1S/C15H11BrO3S/c16-12-3-1-2-4-14(12)20-9-13(17)10-5-7-11(8-6-10)15(18)19/h1-8H,9H2,(H,18,19). The van der Waals surface area contributed by atoms with E-state index in [9.17, 15) is 9.59 Å². The van der Waals surface area contributed by atoms with Gasteiger partial charge in [0, 0.05) is 14.9 Å². The Hall–Kier alpha value is -1.59. The van der Waals surface area contributed by atoms with Crippen LogP contribution in [0.2, 0.25) is 0 Å². The third-order valence-corrected chi connectivity index (χ3v) is 4.68. The van der Waals surface area contributed by atoms with E-state index in [2.05, 4.69) is 15.9 Å². The van der Waals surface area contributed by atoms with Gasteiger partial charge in [0.25, 0.3) is 0 Å². The summed E-state index contributed by atoms with van der Waals surface area (Å²) in [5.41, 5.74) is 0.703. The summed E-state index contributed by atoms with van der Waals surface area (Å²) in [5, 5.41) is 8.80. The summed E-state index contributed by atoms with van der Waals surface area (Å²) >= 11 is 4.88. The Balaban J connectivity index is 2.02. The highest BCUT2D eigenvalue weighted by atomic mass is 79.9. The monoisotopic (exact) mass is 350 g/mol. The number of carboxylic acid groups (broad SMARTS) is 1. The Labute approximate surface area is 129 Å². The molecule has 5 heteroatoms. The molecule has 0 spiro atoms. The lowest BCUT2D eigenvalue weighted by Crippen LogP contribution is -2.03. The quantitative estimate of drug-likeness (QED) is 0.650. The number of Topliss-reactive ketones (excluding diaryl/α,β-unsaturated/α-hetero) is 1. The van der Waals surface area contributed by atoms with Gasteiger partial charge in [-0.2, -0.15) is 0 Å². The molecule has 102 valence electrons. The maximum atomic E-state index is 12.0. The van der Waals surface area contributed by atoms with Crippen LogP contribution in [0.5, 0.6) is 0 Å². The molecule has 0 unspecified atom stereocenters. The van der Waals surface area contributed by atoms with Crippen LogP contribution in [0.25, 0.3) is 0 Å². The van der Waals surface area contributed by atoms with Crippen molar-refractivity contribution in [3.63, 3.8) is 0 Å². The number of carbonyl (C=O) groups excluding carboxylic acids is 1. The fourth-order valence-electron chi connectivity index (χ4n) is 1.59. The van der Waals surface area contributed by atoms with Crippen LogP contribution in [0.1, 0.15) is 20.7 Å². The van der Waals surface area contributed by atoms with E-state index in [0.29, 0.717) is 11.3 Å². The summed E-state index contributed by atoms with van der Waals surface area (Å²) in [6.45, 7) is 0. The molecule has 0 bridgehead atoms. The lowest BCUT2D eigenvalue weighted by molar-refractivity contribution is 0.0696. The highest BCUT2D eigenvalue weighted by Crippen LogP contribution is 2.27. The van der Waals surface area contributed by atoms with Crippen LogP contribution >= 0.6 is 27.7 Å². The highest BCUT2D eigenvalue weighted by molar-refractivity contribution is 9.10. The van der Waals surface area contributed by atoms with Gasteiger partial charge in [-0.15, -0.1) is 11.8 Å². The maximum absolute atomic E-state index is 12.0. The van der Waals surface area contributed by atoms with E-state index in [-0.39, 0.29) is 11.3 Å². The molecule has 0 aliphatic carbocycles. The summed E-state index contributed by atoms with van der Waals surface area (Å²) in [6, 6.07) is 13.7. The van der Waals surface area contributed by atoms with Crippen molar-refractivity contribution in [2.45, 2.75) is 4.90 Å². The molecule has 0 aliphatic heterocycles. The predicted molar refractivity (Wildman–Crippen MR) is 82.6 cm³/mol. The summed E-state index contributed by atoms with van der Waals surface area (Å²) in [6.07, 6.45) is 0. The van der Waals surface area contributed by atoms with Gasteiger partial charge in [-0.25, -0.2) is 4.79 Å². The lowest BCUT2D eigenvalue weighted by Gasteiger charge is -2.04. The van der Waals surface area contributed by atoms with Crippen LogP contribution < -0.4 is 0 Å². The molecule has 0 aromatic heterocycles. The molecule has 0 saturated carbocycles. The van der Waals surface area contributed by atoms with Gasteiger partial charge in [0.1, 0.15) is 0 Å². The summed E-state index contributed by atoms with van der Waals surface area (Å²) in [4.78, 5) is 23.8. The molecule has 0 amide bonds. The van der Waals surface area contributed by atoms with Crippen molar-refractivity contribution >= 4 is 39.4 Å². The second-order valence-electron chi connectivity index (χ2n) is 4.02. The first-order chi connectivity index (χ1) is 9.58. The number of halogens is 1. The van der Waals surface area contributed by atoms with Gasteiger partial charge in [0.2, 0.25) is 0 Å². The summed E-state index contributed by atoms with van der Waals surface area (Å²) in [7, 11) is 0. The average molecular weight is 351 g/mol. The highest BCUT2D eigenvalue weighted by Gasteiger charge is 2.09. The van der Waals surface area contributed by atoms with E-state index in [1.165, 1.54) is 23.9 Å². The van der Waals surface area contributed by atoms with E-state index in [4.69, 9.17) is 5.11 Å². The normalized spacial score (nSPS) is 10.2. The third kappa shape index (κ3) is 3.71. The molecule has 2 aromatic rings. The molecule has 1 N–H and O–H groups in total. The Kier molecular flexibility index (Phi) is 4.98. The molecule has 0 radical (unpaired) electrons. The van der Waals surface area contributed by atoms with Crippen molar-refractivity contribution < 1.29 is 14.7 Å². The first kappa shape index (κ1) is 14.8. The number of aromatic carboxylic acids is 1. The van der Waals surface area contributed by atoms with Gasteiger partial charge in [-0.3, -0.25) is 4.79 Å². The molecular formula is C15H11BrO3S. The Morgan fingerprint density at radius 3 is 2.20 bits per heavy atom. The molecule has 0 heterocycles. The van der Waals surface area contributed by atoms with Crippen LogP contribution in [0.4, 0.5) is 0 Å². The van der Waals surface area contributed by atoms with Crippen LogP contribution in [0, 0.1) is 0 Å². The average Bonchev–Trinajstić information content (AvgIpc) is 2.46. The van der Waals surface area contributed by atoms with Crippen molar-refractivity contribution in [3.05, 3.63) is 64.1 Å². The van der Waals surface area contributed by atoms with Crippen molar-refractivity contribution in [2.24, 2.45) is 0 Å². The zero-order valence-corrected chi connectivity index (χ0v) is 12.8. The van der Waals surface area contributed by atoms with Crippen LogP contribution in [-0.4, -0.2) is 22.6 Å². The zero-order valence-electron chi connectivity index (χ0n) is 10.4. The van der Waals surface area contributed by atoms with E-state index in [0.717, 1.165) is 9.37 Å². The molecular weight excluding hydrogens is 340 g/mol. The summed E-state index contributed by atoms with van der Waals surface area (Å²) < 4.78 is 0.957. The van der Waals surface area contributed by atoms with Gasteiger partial charge < -0.3 is 5.11 Å². The molecule has 2 rings (SSSR count). The Morgan fingerprint density at radius 2 is 1.60 bits per heavy atom. The second kappa shape index (κ2) is 6.72. The molecule has 3 nitrogen and oxygen atoms in total. The largest absolute Gasteiger partial charge is 0.478 e. The molecule has 0 aliphatic rings. The van der Waals surface area contributed by atoms with Crippen LogP contribution in [-0.2, 0) is 0 Å². The number of thioether (sulfide) groups is 1. The van der Waals surface area contributed by atoms with Crippen molar-refractivity contribution in [2.75, 3.05) is 5.75 Å². The van der Waals surface area contributed by atoms with E-state index in [1.807, 2.05) is 24.3 Å². The molecule has 2 aromatic carbocycles. The summed E-state index contributed by atoms with van der Waals surface area (Å²) in [5.74, 6) is -0.705. The number of hydrogen-bond donors (Lipinski definition) is 1. The minimum absolute atomic E-state index is 0.0253. The van der Waals surface area contributed by atoms with Gasteiger partial charge in [-0.1, -0.05) is 24.3 Å². The van der Waals surface area contributed by atoms with Gasteiger partial charge in [-0.05, 0) is 40.2 Å². The Bertz CT molecular complexity index is 638. The smallest absolute Gasteiger partial charge is 0.335 e. The topological polar surface area (TPSA) is 54.4 Å². The molecule has 0 atom stereocenters. The van der Waals surface area contributed by atoms with E-state index in [1.54, 1.807) is 12.1 Å². The van der Waals surface area contributed by atoms with Gasteiger partial charge >= 0.3 is 5.97 Å².